The van der Waals surface area contributed by atoms with Crippen LogP contribution >= 0.6 is 0 Å². The SMILES string of the molecule is CCCCCOc1ccc([C@H](O)[C@@H](C[NH+]2CCOCC2)c2ccccc2)cc1. The van der Waals surface area contributed by atoms with Crippen LogP contribution in [0.5, 0.6) is 5.75 Å². The van der Waals surface area contributed by atoms with Crippen LogP contribution in [0.25, 0.3) is 0 Å². The summed E-state index contributed by atoms with van der Waals surface area (Å²) >= 11 is 0. The largest absolute Gasteiger partial charge is 0.494 e. The number of benzene rings is 2. The van der Waals surface area contributed by atoms with Crippen molar-refractivity contribution in [1.29, 1.82) is 0 Å². The minimum absolute atomic E-state index is 0.0608. The van der Waals surface area contributed by atoms with Gasteiger partial charge in [-0.3, -0.25) is 0 Å². The van der Waals surface area contributed by atoms with Crippen molar-refractivity contribution in [2.75, 3.05) is 39.5 Å². The number of hydrogen-bond donors (Lipinski definition) is 2. The van der Waals surface area contributed by atoms with E-state index < -0.39 is 6.10 Å². The van der Waals surface area contributed by atoms with E-state index in [9.17, 15) is 5.11 Å². The molecule has 0 unspecified atom stereocenters. The Morgan fingerprint density at radius 1 is 0.964 bits per heavy atom. The zero-order valence-corrected chi connectivity index (χ0v) is 17.0. The molecule has 1 aliphatic heterocycles. The lowest BCUT2D eigenvalue weighted by Crippen LogP contribution is -3.14. The van der Waals surface area contributed by atoms with Gasteiger partial charge in [0.2, 0.25) is 0 Å². The third-order valence-electron chi connectivity index (χ3n) is 5.56. The highest BCUT2D eigenvalue weighted by molar-refractivity contribution is 5.31. The number of rotatable bonds is 10. The van der Waals surface area contributed by atoms with E-state index in [1.807, 2.05) is 30.3 Å². The van der Waals surface area contributed by atoms with Crippen molar-refractivity contribution >= 4 is 0 Å². The molecule has 2 aromatic rings. The molecule has 0 bridgehead atoms. The highest BCUT2D eigenvalue weighted by atomic mass is 16.5. The summed E-state index contributed by atoms with van der Waals surface area (Å²) in [7, 11) is 0. The molecule has 0 aromatic heterocycles. The smallest absolute Gasteiger partial charge is 0.119 e. The van der Waals surface area contributed by atoms with Gasteiger partial charge in [0.05, 0.1) is 38.4 Å². The Balaban J connectivity index is 1.68. The van der Waals surface area contributed by atoms with Crippen molar-refractivity contribution in [1.82, 2.24) is 0 Å². The molecule has 1 aliphatic rings. The lowest BCUT2D eigenvalue weighted by Gasteiger charge is -2.30. The number of hydrogen-bond acceptors (Lipinski definition) is 3. The second-order valence-electron chi connectivity index (χ2n) is 7.65. The molecule has 1 saturated heterocycles. The summed E-state index contributed by atoms with van der Waals surface area (Å²) in [5.41, 5.74) is 2.14. The topological polar surface area (TPSA) is 43.1 Å². The van der Waals surface area contributed by atoms with Crippen LogP contribution in [0.1, 0.15) is 49.3 Å². The molecule has 0 amide bonds. The van der Waals surface area contributed by atoms with Gasteiger partial charge in [0.1, 0.15) is 18.8 Å². The number of quaternary nitrogens is 1. The Hall–Kier alpha value is -1.88. The predicted molar refractivity (Wildman–Crippen MR) is 112 cm³/mol. The van der Waals surface area contributed by atoms with Crippen LogP contribution in [0.4, 0.5) is 0 Å². The average Bonchev–Trinajstić information content (AvgIpc) is 2.76. The molecule has 2 N–H and O–H groups in total. The quantitative estimate of drug-likeness (QED) is 0.619. The van der Waals surface area contributed by atoms with Gasteiger partial charge in [-0.1, -0.05) is 62.2 Å². The summed E-state index contributed by atoms with van der Waals surface area (Å²) in [6.07, 6.45) is 2.94. The molecule has 0 spiro atoms. The first-order chi connectivity index (χ1) is 13.8. The van der Waals surface area contributed by atoms with Gasteiger partial charge in [-0.25, -0.2) is 0 Å². The van der Waals surface area contributed by atoms with Crippen LogP contribution in [-0.4, -0.2) is 44.6 Å². The van der Waals surface area contributed by atoms with Gasteiger partial charge in [-0.05, 0) is 29.7 Å². The maximum Gasteiger partial charge on any atom is 0.119 e. The first-order valence-corrected chi connectivity index (χ1v) is 10.6. The molecule has 0 radical (unpaired) electrons. The Morgan fingerprint density at radius 2 is 1.68 bits per heavy atom. The fourth-order valence-corrected chi connectivity index (χ4v) is 3.82. The minimum atomic E-state index is -0.535. The van der Waals surface area contributed by atoms with Crippen molar-refractivity contribution in [3.63, 3.8) is 0 Å². The lowest BCUT2D eigenvalue weighted by atomic mass is 9.88. The van der Waals surface area contributed by atoms with E-state index >= 15 is 0 Å². The Kier molecular flexibility index (Phi) is 8.34. The third kappa shape index (κ3) is 6.06. The monoisotopic (exact) mass is 384 g/mol. The van der Waals surface area contributed by atoms with E-state index in [2.05, 4.69) is 31.2 Å². The summed E-state index contributed by atoms with van der Waals surface area (Å²) in [5, 5.41) is 11.2. The summed E-state index contributed by atoms with van der Waals surface area (Å²) < 4.78 is 11.3. The number of ether oxygens (including phenoxy) is 2. The van der Waals surface area contributed by atoms with E-state index in [-0.39, 0.29) is 5.92 Å². The van der Waals surface area contributed by atoms with Crippen molar-refractivity contribution in [3.05, 3.63) is 65.7 Å². The Bertz CT molecular complexity index is 668. The second-order valence-corrected chi connectivity index (χ2v) is 7.65. The zero-order chi connectivity index (χ0) is 19.6. The van der Waals surface area contributed by atoms with Crippen LogP contribution in [0.2, 0.25) is 0 Å². The first-order valence-electron chi connectivity index (χ1n) is 10.6. The molecule has 28 heavy (non-hydrogen) atoms. The normalized spacial score (nSPS) is 17.2. The fraction of sp³-hybridized carbons (Fsp3) is 0.500. The average molecular weight is 385 g/mol. The Labute approximate surface area is 169 Å². The molecule has 0 aliphatic carbocycles. The van der Waals surface area contributed by atoms with Crippen molar-refractivity contribution in [2.24, 2.45) is 0 Å². The molecule has 2 atom stereocenters. The first kappa shape index (κ1) is 20.8. The Morgan fingerprint density at radius 3 is 2.36 bits per heavy atom. The number of nitrogens with one attached hydrogen (secondary N) is 1. The minimum Gasteiger partial charge on any atom is -0.494 e. The summed E-state index contributed by atoms with van der Waals surface area (Å²) in [6.45, 7) is 7.46. The predicted octanol–water partition coefficient (Wildman–Crippen LogP) is 2.99. The molecule has 3 rings (SSSR count). The van der Waals surface area contributed by atoms with Gasteiger partial charge in [-0.15, -0.1) is 0 Å². The van der Waals surface area contributed by atoms with Gasteiger partial charge >= 0.3 is 0 Å². The van der Waals surface area contributed by atoms with Gasteiger partial charge < -0.3 is 19.5 Å². The lowest BCUT2D eigenvalue weighted by molar-refractivity contribution is -0.909. The molecule has 152 valence electrons. The molecular weight excluding hydrogens is 350 g/mol. The van der Waals surface area contributed by atoms with Crippen LogP contribution in [0.3, 0.4) is 0 Å². The fourth-order valence-electron chi connectivity index (χ4n) is 3.82. The van der Waals surface area contributed by atoms with Crippen molar-refractivity contribution in [2.45, 2.75) is 38.2 Å². The maximum absolute atomic E-state index is 11.2. The zero-order valence-electron chi connectivity index (χ0n) is 17.0. The number of unbranched alkanes of at least 4 members (excludes halogenated alkanes) is 2. The highest BCUT2D eigenvalue weighted by Gasteiger charge is 2.28. The van der Waals surface area contributed by atoms with E-state index in [4.69, 9.17) is 9.47 Å². The number of aliphatic hydroxyl groups excluding tert-OH is 1. The number of morpholine rings is 1. The molecule has 0 saturated carbocycles. The van der Waals surface area contributed by atoms with Gasteiger partial charge in [0.25, 0.3) is 0 Å². The van der Waals surface area contributed by atoms with E-state index in [1.54, 1.807) is 0 Å². The van der Waals surface area contributed by atoms with Crippen LogP contribution in [0, 0.1) is 0 Å². The number of aliphatic hydroxyl groups is 1. The second kappa shape index (κ2) is 11.2. The van der Waals surface area contributed by atoms with E-state index in [1.165, 1.54) is 23.3 Å². The summed E-state index contributed by atoms with van der Waals surface area (Å²) in [4.78, 5) is 1.50. The maximum atomic E-state index is 11.2. The summed E-state index contributed by atoms with van der Waals surface area (Å²) in [6, 6.07) is 18.3. The molecule has 4 nitrogen and oxygen atoms in total. The van der Waals surface area contributed by atoms with Crippen LogP contribution < -0.4 is 9.64 Å². The molecule has 1 fully saturated rings. The highest BCUT2D eigenvalue weighted by Crippen LogP contribution is 2.31. The van der Waals surface area contributed by atoms with Crippen molar-refractivity contribution < 1.29 is 19.5 Å². The van der Waals surface area contributed by atoms with E-state index in [0.717, 1.165) is 57.2 Å². The van der Waals surface area contributed by atoms with E-state index in [0.29, 0.717) is 0 Å². The van der Waals surface area contributed by atoms with Crippen LogP contribution in [0.15, 0.2) is 54.6 Å². The molecule has 1 heterocycles. The van der Waals surface area contributed by atoms with Gasteiger partial charge in [-0.2, -0.15) is 0 Å². The standard InChI is InChI=1S/C24H33NO3/c1-2-3-7-16-28-22-12-10-21(11-13-22)24(26)23(20-8-5-4-6-9-20)19-25-14-17-27-18-15-25/h4-6,8-13,23-24,26H,2-3,7,14-19H2,1H3/p+1/t23-,24-/m0/s1. The molecule has 4 heteroatoms. The third-order valence-corrected chi connectivity index (χ3v) is 5.56. The van der Waals surface area contributed by atoms with Gasteiger partial charge in [0, 0.05) is 0 Å². The summed E-state index contributed by atoms with van der Waals surface area (Å²) in [5.74, 6) is 0.938. The van der Waals surface area contributed by atoms with Crippen LogP contribution in [-0.2, 0) is 4.74 Å². The van der Waals surface area contributed by atoms with Crippen molar-refractivity contribution in [3.8, 4) is 5.75 Å². The van der Waals surface area contributed by atoms with Gasteiger partial charge in [0.15, 0.2) is 0 Å². The molecule has 2 aromatic carbocycles. The molecular formula is C24H34NO3+.